The van der Waals surface area contributed by atoms with Crippen LogP contribution in [0.2, 0.25) is 15.1 Å². The molecule has 322 valence electrons. The zero-order valence-corrected chi connectivity index (χ0v) is 40.3. The van der Waals surface area contributed by atoms with Crippen LogP contribution in [0.5, 0.6) is 0 Å². The van der Waals surface area contributed by atoms with Crippen LogP contribution < -0.4 is 10.9 Å². The SMILES string of the molecule is CCCCCCCCCCCCCCCC[N+](C)(C)CCCc1ccccc1.Cc1ccc(B(c2ccc(C)c(Cl)c2)C2(c3ccc(C)c(Cl)c3)CCCCC2)cc1Cl. The highest BCUT2D eigenvalue weighted by Gasteiger charge is 2.46. The smallest absolute Gasteiger partial charge is 0.219 e. The summed E-state index contributed by atoms with van der Waals surface area (Å²) >= 11 is 19.9. The van der Waals surface area contributed by atoms with Crippen LogP contribution in [0.4, 0.5) is 0 Å². The Kier molecular flexibility index (Phi) is 22.0. The lowest BCUT2D eigenvalue weighted by Crippen LogP contribution is -2.59. The average Bonchev–Trinajstić information content (AvgIpc) is 3.22. The summed E-state index contributed by atoms with van der Waals surface area (Å²) in [5, 5.41) is 2.42. The lowest BCUT2D eigenvalue weighted by Gasteiger charge is -2.43. The fraction of sp³-hybridized carbons (Fsp3) is 0.556. The summed E-state index contributed by atoms with van der Waals surface area (Å²) < 4.78 is 1.19. The summed E-state index contributed by atoms with van der Waals surface area (Å²) in [6.45, 7) is 11.3. The quantitative estimate of drug-likeness (QED) is 0.0396. The normalized spacial score (nSPS) is 13.8. The number of aryl methyl sites for hydroxylation is 4. The molecular weight excluding hydrogens is 780 g/mol. The molecule has 0 saturated heterocycles. The first-order valence-electron chi connectivity index (χ1n) is 23.6. The van der Waals surface area contributed by atoms with Gasteiger partial charge in [-0.2, -0.15) is 0 Å². The molecule has 1 aliphatic carbocycles. The van der Waals surface area contributed by atoms with Gasteiger partial charge in [-0.3, -0.25) is 0 Å². The first-order valence-corrected chi connectivity index (χ1v) is 24.7. The van der Waals surface area contributed by atoms with E-state index in [4.69, 9.17) is 34.8 Å². The van der Waals surface area contributed by atoms with E-state index in [0.717, 1.165) is 44.6 Å². The Morgan fingerprint density at radius 2 is 0.949 bits per heavy atom. The third-order valence-electron chi connectivity index (χ3n) is 13.3. The lowest BCUT2D eigenvalue weighted by molar-refractivity contribution is -0.890. The van der Waals surface area contributed by atoms with Crippen LogP contribution in [0.25, 0.3) is 0 Å². The van der Waals surface area contributed by atoms with E-state index in [2.05, 4.69) is 127 Å². The number of hydrogen-bond donors (Lipinski definition) is 0. The molecule has 0 amide bonds. The van der Waals surface area contributed by atoms with Crippen molar-refractivity contribution in [1.82, 2.24) is 0 Å². The van der Waals surface area contributed by atoms with Crippen molar-refractivity contribution in [2.24, 2.45) is 0 Å². The lowest BCUT2D eigenvalue weighted by atomic mass is 9.23. The van der Waals surface area contributed by atoms with Gasteiger partial charge in [0, 0.05) is 21.5 Å². The maximum absolute atomic E-state index is 6.64. The van der Waals surface area contributed by atoms with Crippen LogP contribution in [0.1, 0.15) is 163 Å². The predicted octanol–water partition coefficient (Wildman–Crippen LogP) is 15.8. The van der Waals surface area contributed by atoms with E-state index in [1.165, 1.54) is 162 Å². The Morgan fingerprint density at radius 3 is 1.42 bits per heavy atom. The molecule has 1 aliphatic rings. The Labute approximate surface area is 377 Å². The molecule has 0 radical (unpaired) electrons. The number of unbranched alkanes of at least 4 members (excludes halogenated alkanes) is 13. The van der Waals surface area contributed by atoms with Crippen molar-refractivity contribution < 1.29 is 4.48 Å². The molecule has 0 bridgehead atoms. The molecule has 59 heavy (non-hydrogen) atoms. The van der Waals surface area contributed by atoms with Crippen molar-refractivity contribution in [3.8, 4) is 0 Å². The zero-order valence-electron chi connectivity index (χ0n) is 38.0. The van der Waals surface area contributed by atoms with Crippen molar-refractivity contribution in [1.29, 1.82) is 0 Å². The van der Waals surface area contributed by atoms with Gasteiger partial charge in [0.1, 0.15) is 0 Å². The number of halogens is 3. The van der Waals surface area contributed by atoms with Gasteiger partial charge in [0.2, 0.25) is 6.71 Å². The van der Waals surface area contributed by atoms with Crippen molar-refractivity contribution >= 4 is 52.4 Å². The molecule has 1 saturated carbocycles. The van der Waals surface area contributed by atoms with Gasteiger partial charge in [0.05, 0.1) is 27.2 Å². The molecule has 5 rings (SSSR count). The van der Waals surface area contributed by atoms with E-state index in [9.17, 15) is 0 Å². The van der Waals surface area contributed by atoms with E-state index in [0.29, 0.717) is 0 Å². The number of benzene rings is 4. The molecule has 4 aromatic rings. The fourth-order valence-electron chi connectivity index (χ4n) is 9.44. The van der Waals surface area contributed by atoms with Gasteiger partial charge < -0.3 is 4.48 Å². The van der Waals surface area contributed by atoms with Gasteiger partial charge >= 0.3 is 0 Å². The number of hydrogen-bond acceptors (Lipinski definition) is 0. The second-order valence-corrected chi connectivity index (χ2v) is 19.9. The van der Waals surface area contributed by atoms with Crippen molar-refractivity contribution in [3.63, 3.8) is 0 Å². The van der Waals surface area contributed by atoms with Gasteiger partial charge in [-0.05, 0) is 104 Å². The van der Waals surface area contributed by atoms with E-state index in [1.54, 1.807) is 0 Å². The molecule has 0 aliphatic heterocycles. The zero-order chi connectivity index (χ0) is 42.5. The molecule has 0 heterocycles. The van der Waals surface area contributed by atoms with Crippen LogP contribution in [-0.4, -0.2) is 38.4 Å². The molecule has 0 unspecified atom stereocenters. The Hall–Kier alpha value is -2.23. The molecule has 0 spiro atoms. The first-order chi connectivity index (χ1) is 28.5. The van der Waals surface area contributed by atoms with Crippen LogP contribution in [0.15, 0.2) is 84.9 Å². The van der Waals surface area contributed by atoms with Gasteiger partial charge in [0.25, 0.3) is 0 Å². The second-order valence-electron chi connectivity index (χ2n) is 18.7. The summed E-state index contributed by atoms with van der Waals surface area (Å²) in [7, 11) is 4.82. The fourth-order valence-corrected chi connectivity index (χ4v) is 10.00. The maximum atomic E-state index is 6.64. The predicted molar refractivity (Wildman–Crippen MR) is 265 cm³/mol. The summed E-state index contributed by atoms with van der Waals surface area (Å²) in [5.74, 6) is 0. The van der Waals surface area contributed by atoms with Crippen molar-refractivity contribution in [2.45, 2.75) is 168 Å². The highest BCUT2D eigenvalue weighted by atomic mass is 35.5. The third kappa shape index (κ3) is 16.5. The molecule has 4 aromatic carbocycles. The monoisotopic (exact) mass is 857 g/mol. The van der Waals surface area contributed by atoms with Gasteiger partial charge in [-0.1, -0.05) is 216 Å². The van der Waals surface area contributed by atoms with Crippen LogP contribution in [-0.2, 0) is 11.7 Å². The highest BCUT2D eigenvalue weighted by molar-refractivity contribution is 6.87. The van der Waals surface area contributed by atoms with E-state index in [-0.39, 0.29) is 12.0 Å². The number of nitrogens with zero attached hydrogens (tertiary/aromatic N) is 1. The topological polar surface area (TPSA) is 0 Å². The van der Waals surface area contributed by atoms with E-state index < -0.39 is 0 Å². The number of rotatable bonds is 23. The van der Waals surface area contributed by atoms with Crippen LogP contribution in [0.3, 0.4) is 0 Å². The van der Waals surface area contributed by atoms with Crippen molar-refractivity contribution in [2.75, 3.05) is 27.2 Å². The molecule has 0 atom stereocenters. The maximum Gasteiger partial charge on any atom is 0.219 e. The van der Waals surface area contributed by atoms with Crippen molar-refractivity contribution in [3.05, 3.63) is 128 Å². The Morgan fingerprint density at radius 1 is 0.508 bits per heavy atom. The summed E-state index contributed by atoms with van der Waals surface area (Å²) in [6, 6.07) is 30.6. The molecule has 1 fully saturated rings. The van der Waals surface area contributed by atoms with E-state index in [1.807, 2.05) is 0 Å². The molecule has 0 N–H and O–H groups in total. The van der Waals surface area contributed by atoms with Gasteiger partial charge in [-0.15, -0.1) is 0 Å². The molecule has 0 aromatic heterocycles. The summed E-state index contributed by atoms with van der Waals surface area (Å²) in [6.07, 6.45) is 28.7. The summed E-state index contributed by atoms with van der Waals surface area (Å²) in [5.41, 5.74) is 8.61. The molecule has 1 nitrogen and oxygen atoms in total. The minimum atomic E-state index is -0.0488. The standard InChI is InChI=1S/C27H28BCl3.C27H50N/c1-18-7-10-21(15-24(18)29)27(13-5-4-6-14-27)28(22-11-8-19(2)25(30)16-22)23-12-9-20(3)26(31)17-23;1-4-5-6-7-8-9-10-11-12-13-14-15-16-20-25-28(2,3)26-21-24-27-22-18-17-19-23-27/h7-12,15-17H,4-6,13-14H2,1-3H3;17-19,22-23H,4-16,20-21,24-26H2,1-3H3/q;+1. The van der Waals surface area contributed by atoms with Gasteiger partial charge in [-0.25, -0.2) is 0 Å². The molecule has 5 heteroatoms. The minimum absolute atomic E-state index is 0.0488. The Bertz CT molecular complexity index is 1730. The average molecular weight is 858 g/mol. The van der Waals surface area contributed by atoms with Crippen LogP contribution in [0, 0.1) is 20.8 Å². The van der Waals surface area contributed by atoms with Gasteiger partial charge in [0.15, 0.2) is 0 Å². The highest BCUT2D eigenvalue weighted by Crippen LogP contribution is 2.43. The van der Waals surface area contributed by atoms with E-state index >= 15 is 0 Å². The largest absolute Gasteiger partial charge is 0.328 e. The Balaban J connectivity index is 0.000000263. The summed E-state index contributed by atoms with van der Waals surface area (Å²) in [4.78, 5) is 0. The minimum Gasteiger partial charge on any atom is -0.328 e. The second kappa shape index (κ2) is 26.3. The van der Waals surface area contributed by atoms with Crippen LogP contribution >= 0.6 is 34.8 Å². The third-order valence-corrected chi connectivity index (χ3v) is 14.5. The number of quaternary nitrogens is 1. The first kappa shape index (κ1) is 49.4. The molecular formula is C54H78BCl3N+.